The molecule has 0 radical (unpaired) electrons. The third-order valence-electron chi connectivity index (χ3n) is 3.58. The first kappa shape index (κ1) is 15.8. The van der Waals surface area contributed by atoms with Crippen LogP contribution in [0, 0.1) is 6.92 Å². The van der Waals surface area contributed by atoms with Gasteiger partial charge in [-0.15, -0.1) is 0 Å². The van der Waals surface area contributed by atoms with Gasteiger partial charge in [-0.25, -0.2) is 4.79 Å². The van der Waals surface area contributed by atoms with E-state index >= 15 is 0 Å². The van der Waals surface area contributed by atoms with Crippen LogP contribution in [0.1, 0.15) is 33.4 Å². The standard InChI is InChI=1S/C19H17NO4/c1-3-23-19(22)17-16(14-9-4-5-10-15(14)24-17)20-18(21)13-8-6-7-12(2)11-13/h4-11H,3H2,1-2H3,(H,20,21). The highest BCUT2D eigenvalue weighted by atomic mass is 16.5. The molecule has 0 bridgehead atoms. The SMILES string of the molecule is CCOC(=O)c1oc2ccccc2c1NC(=O)c1cccc(C)c1. The number of para-hydroxylation sites is 1. The number of aryl methyl sites for hydroxylation is 1. The van der Waals surface area contributed by atoms with Crippen LogP contribution in [0.15, 0.2) is 52.9 Å². The summed E-state index contributed by atoms with van der Waals surface area (Å²) in [4.78, 5) is 24.7. The Hall–Kier alpha value is -3.08. The predicted octanol–water partition coefficient (Wildman–Crippen LogP) is 4.17. The van der Waals surface area contributed by atoms with Crippen LogP contribution in [0.25, 0.3) is 11.0 Å². The smallest absolute Gasteiger partial charge is 0.376 e. The zero-order valence-corrected chi connectivity index (χ0v) is 13.5. The predicted molar refractivity (Wildman–Crippen MR) is 91.3 cm³/mol. The lowest BCUT2D eigenvalue weighted by molar-refractivity contribution is 0.0494. The molecule has 1 N–H and O–H groups in total. The van der Waals surface area contributed by atoms with E-state index in [-0.39, 0.29) is 18.3 Å². The summed E-state index contributed by atoms with van der Waals surface area (Å²) in [6.07, 6.45) is 0. The molecule has 0 atom stereocenters. The first-order valence-corrected chi connectivity index (χ1v) is 7.67. The highest BCUT2D eigenvalue weighted by Gasteiger charge is 2.23. The normalized spacial score (nSPS) is 10.6. The van der Waals surface area contributed by atoms with Crippen molar-refractivity contribution in [3.63, 3.8) is 0 Å². The zero-order valence-electron chi connectivity index (χ0n) is 13.5. The van der Waals surface area contributed by atoms with Gasteiger partial charge in [-0.05, 0) is 38.1 Å². The molecule has 3 aromatic rings. The number of carbonyl (C=O) groups is 2. The number of hydrogen-bond acceptors (Lipinski definition) is 4. The van der Waals surface area contributed by atoms with Crippen LogP contribution in [0.4, 0.5) is 5.69 Å². The van der Waals surface area contributed by atoms with Crippen LogP contribution in [-0.2, 0) is 4.74 Å². The number of ether oxygens (including phenoxy) is 1. The number of furan rings is 1. The molecule has 1 aromatic heterocycles. The first-order chi connectivity index (χ1) is 11.6. The zero-order chi connectivity index (χ0) is 17.1. The molecule has 5 nitrogen and oxygen atoms in total. The maximum absolute atomic E-state index is 12.5. The fourth-order valence-electron chi connectivity index (χ4n) is 2.48. The fourth-order valence-corrected chi connectivity index (χ4v) is 2.48. The molecule has 0 unspecified atom stereocenters. The average Bonchev–Trinajstić information content (AvgIpc) is 2.94. The Balaban J connectivity index is 2.02. The van der Waals surface area contributed by atoms with Crippen molar-refractivity contribution in [2.75, 3.05) is 11.9 Å². The number of benzene rings is 2. The molecule has 1 heterocycles. The molecule has 0 aliphatic heterocycles. The lowest BCUT2D eigenvalue weighted by Gasteiger charge is -2.06. The molecular formula is C19H17NO4. The molecular weight excluding hydrogens is 306 g/mol. The Morgan fingerprint density at radius 3 is 2.67 bits per heavy atom. The summed E-state index contributed by atoms with van der Waals surface area (Å²) in [6.45, 7) is 3.85. The molecule has 0 aliphatic rings. The van der Waals surface area contributed by atoms with Crippen molar-refractivity contribution < 1.29 is 18.7 Å². The molecule has 1 amide bonds. The van der Waals surface area contributed by atoms with Crippen molar-refractivity contribution in [1.82, 2.24) is 0 Å². The van der Waals surface area contributed by atoms with E-state index in [1.165, 1.54) is 0 Å². The number of esters is 1. The Morgan fingerprint density at radius 2 is 1.92 bits per heavy atom. The molecule has 0 spiro atoms. The molecule has 5 heteroatoms. The van der Waals surface area contributed by atoms with Crippen molar-refractivity contribution in [3.8, 4) is 0 Å². The highest BCUT2D eigenvalue weighted by Crippen LogP contribution is 2.31. The number of hydrogen-bond donors (Lipinski definition) is 1. The minimum atomic E-state index is -0.603. The second kappa shape index (κ2) is 6.58. The topological polar surface area (TPSA) is 68.5 Å². The van der Waals surface area contributed by atoms with Crippen molar-refractivity contribution in [1.29, 1.82) is 0 Å². The maximum atomic E-state index is 12.5. The monoisotopic (exact) mass is 323 g/mol. The van der Waals surface area contributed by atoms with Gasteiger partial charge in [0.15, 0.2) is 0 Å². The van der Waals surface area contributed by atoms with E-state index in [0.29, 0.717) is 22.2 Å². The minimum absolute atomic E-state index is 0.000877. The maximum Gasteiger partial charge on any atom is 0.376 e. The van der Waals surface area contributed by atoms with Crippen LogP contribution in [0.2, 0.25) is 0 Å². The second-order valence-electron chi connectivity index (χ2n) is 5.35. The van der Waals surface area contributed by atoms with Gasteiger partial charge in [0, 0.05) is 10.9 Å². The van der Waals surface area contributed by atoms with Crippen LogP contribution in [0.3, 0.4) is 0 Å². The van der Waals surface area contributed by atoms with Gasteiger partial charge in [-0.2, -0.15) is 0 Å². The summed E-state index contributed by atoms with van der Waals surface area (Å²) in [5.74, 6) is -0.914. The molecule has 0 saturated heterocycles. The quantitative estimate of drug-likeness (QED) is 0.732. The second-order valence-corrected chi connectivity index (χ2v) is 5.35. The third kappa shape index (κ3) is 3.01. The number of nitrogens with one attached hydrogen (secondary N) is 1. The van der Waals surface area contributed by atoms with Gasteiger partial charge in [-0.1, -0.05) is 29.8 Å². The third-order valence-corrected chi connectivity index (χ3v) is 3.58. The molecule has 0 fully saturated rings. The van der Waals surface area contributed by atoms with Crippen LogP contribution >= 0.6 is 0 Å². The average molecular weight is 323 g/mol. The first-order valence-electron chi connectivity index (χ1n) is 7.67. The summed E-state index contributed by atoms with van der Waals surface area (Å²) in [6, 6.07) is 14.4. The van der Waals surface area contributed by atoms with Crippen LogP contribution < -0.4 is 5.32 Å². The van der Waals surface area contributed by atoms with Crippen molar-refractivity contribution >= 4 is 28.5 Å². The highest BCUT2D eigenvalue weighted by molar-refractivity contribution is 6.13. The van der Waals surface area contributed by atoms with Gasteiger partial charge in [0.1, 0.15) is 11.3 Å². The van der Waals surface area contributed by atoms with Gasteiger partial charge in [0.2, 0.25) is 5.76 Å². The number of rotatable bonds is 4. The summed E-state index contributed by atoms with van der Waals surface area (Å²) in [7, 11) is 0. The summed E-state index contributed by atoms with van der Waals surface area (Å²) < 4.78 is 10.6. The van der Waals surface area contributed by atoms with Crippen molar-refractivity contribution in [2.24, 2.45) is 0 Å². The summed E-state index contributed by atoms with van der Waals surface area (Å²) >= 11 is 0. The molecule has 0 aliphatic carbocycles. The van der Waals surface area contributed by atoms with Gasteiger partial charge in [0.05, 0.1) is 6.61 Å². The Bertz CT molecular complexity index is 911. The van der Waals surface area contributed by atoms with E-state index in [1.807, 2.05) is 25.1 Å². The van der Waals surface area contributed by atoms with Crippen molar-refractivity contribution in [3.05, 3.63) is 65.4 Å². The number of anilines is 1. The van der Waals surface area contributed by atoms with Crippen LogP contribution in [0.5, 0.6) is 0 Å². The number of carbonyl (C=O) groups excluding carboxylic acids is 2. The van der Waals surface area contributed by atoms with Gasteiger partial charge < -0.3 is 14.5 Å². The van der Waals surface area contributed by atoms with E-state index in [2.05, 4.69) is 5.32 Å². The van der Waals surface area contributed by atoms with Crippen molar-refractivity contribution in [2.45, 2.75) is 13.8 Å². The van der Waals surface area contributed by atoms with E-state index in [9.17, 15) is 9.59 Å². The fraction of sp³-hybridized carbons (Fsp3) is 0.158. The van der Waals surface area contributed by atoms with E-state index in [4.69, 9.17) is 9.15 Å². The molecule has 24 heavy (non-hydrogen) atoms. The number of fused-ring (bicyclic) bond motifs is 1. The minimum Gasteiger partial charge on any atom is -0.460 e. The van der Waals surface area contributed by atoms with Gasteiger partial charge in [0.25, 0.3) is 5.91 Å². The number of amides is 1. The molecule has 3 rings (SSSR count). The van der Waals surface area contributed by atoms with E-state index < -0.39 is 5.97 Å². The largest absolute Gasteiger partial charge is 0.460 e. The lowest BCUT2D eigenvalue weighted by Crippen LogP contribution is -2.15. The molecule has 122 valence electrons. The Morgan fingerprint density at radius 1 is 1.12 bits per heavy atom. The van der Waals surface area contributed by atoms with E-state index in [1.54, 1.807) is 37.3 Å². The Kier molecular flexibility index (Phi) is 4.33. The lowest BCUT2D eigenvalue weighted by atomic mass is 10.1. The van der Waals surface area contributed by atoms with E-state index in [0.717, 1.165) is 5.56 Å². The summed E-state index contributed by atoms with van der Waals surface area (Å²) in [5, 5.41) is 3.44. The molecule has 0 saturated carbocycles. The van der Waals surface area contributed by atoms with Crippen LogP contribution in [-0.4, -0.2) is 18.5 Å². The summed E-state index contributed by atoms with van der Waals surface area (Å²) in [5.41, 5.74) is 2.33. The van der Waals surface area contributed by atoms with Gasteiger partial charge >= 0.3 is 5.97 Å². The van der Waals surface area contributed by atoms with Gasteiger partial charge in [-0.3, -0.25) is 4.79 Å². The Labute approximate surface area is 139 Å². The molecule has 2 aromatic carbocycles.